The number of aliphatic hydroxyl groups excluding tert-OH is 1. The second-order valence-electron chi connectivity index (χ2n) is 5.45. The molecule has 21 heavy (non-hydrogen) atoms. The summed E-state index contributed by atoms with van der Waals surface area (Å²) in [5.74, 6) is 0.150. The lowest BCUT2D eigenvalue weighted by Gasteiger charge is -2.31. The van der Waals surface area contributed by atoms with Crippen LogP contribution < -0.4 is 10.6 Å². The van der Waals surface area contributed by atoms with Crippen LogP contribution in [-0.4, -0.2) is 49.7 Å². The quantitative estimate of drug-likeness (QED) is 0.872. The molecule has 0 aromatic carbocycles. The summed E-state index contributed by atoms with van der Waals surface area (Å²) in [5.41, 5.74) is 6.66. The van der Waals surface area contributed by atoms with Gasteiger partial charge in [-0.3, -0.25) is 4.79 Å². The van der Waals surface area contributed by atoms with Crippen molar-refractivity contribution in [1.82, 2.24) is 4.90 Å². The molecular formula is C14H20N4O2S. The van der Waals surface area contributed by atoms with Crippen LogP contribution in [0.1, 0.15) is 28.1 Å². The molecule has 3 N–H and O–H groups in total. The number of carbonyl (C=O) groups excluding carboxylic acids is 1. The van der Waals surface area contributed by atoms with Crippen molar-refractivity contribution >= 4 is 27.9 Å². The highest BCUT2D eigenvalue weighted by atomic mass is 32.1. The molecule has 0 saturated carbocycles. The lowest BCUT2D eigenvalue weighted by Crippen LogP contribution is -2.34. The van der Waals surface area contributed by atoms with E-state index in [-0.39, 0.29) is 18.2 Å². The number of amides is 1. The van der Waals surface area contributed by atoms with Gasteiger partial charge in [-0.15, -0.1) is 11.3 Å². The second kappa shape index (κ2) is 6.33. The third kappa shape index (κ3) is 2.96. The Morgan fingerprint density at radius 1 is 1.52 bits per heavy atom. The number of nitriles is 1. The predicted molar refractivity (Wildman–Crippen MR) is 83.5 cm³/mol. The van der Waals surface area contributed by atoms with Gasteiger partial charge < -0.3 is 20.6 Å². The summed E-state index contributed by atoms with van der Waals surface area (Å²) in [4.78, 5) is 16.1. The van der Waals surface area contributed by atoms with Gasteiger partial charge in [0.15, 0.2) is 0 Å². The molecule has 0 radical (unpaired) electrons. The van der Waals surface area contributed by atoms with E-state index in [9.17, 15) is 15.2 Å². The number of aliphatic hydroxyl groups is 1. The van der Waals surface area contributed by atoms with E-state index in [2.05, 4.69) is 11.0 Å². The summed E-state index contributed by atoms with van der Waals surface area (Å²) < 4.78 is 0. The third-order valence-electron chi connectivity index (χ3n) is 3.80. The highest BCUT2D eigenvalue weighted by Gasteiger charge is 2.27. The molecule has 0 unspecified atom stereocenters. The lowest BCUT2D eigenvalue weighted by molar-refractivity contribution is 0.0833. The number of carbonyl (C=O) groups is 1. The van der Waals surface area contributed by atoms with E-state index in [1.54, 1.807) is 14.1 Å². The molecule has 1 aliphatic heterocycles. The Hall–Kier alpha value is -1.78. The fourth-order valence-corrected chi connectivity index (χ4v) is 3.69. The Morgan fingerprint density at radius 2 is 2.14 bits per heavy atom. The van der Waals surface area contributed by atoms with Crippen molar-refractivity contribution in [2.75, 3.05) is 44.4 Å². The second-order valence-corrected chi connectivity index (χ2v) is 6.45. The Kier molecular flexibility index (Phi) is 4.70. The maximum atomic E-state index is 12.1. The minimum absolute atomic E-state index is 0.175. The number of piperidine rings is 1. The highest BCUT2D eigenvalue weighted by molar-refractivity contribution is 7.19. The van der Waals surface area contributed by atoms with E-state index in [4.69, 9.17) is 5.73 Å². The van der Waals surface area contributed by atoms with E-state index in [0.717, 1.165) is 30.9 Å². The summed E-state index contributed by atoms with van der Waals surface area (Å²) in [5, 5.41) is 19.3. The van der Waals surface area contributed by atoms with Crippen molar-refractivity contribution in [3.05, 3.63) is 10.4 Å². The van der Waals surface area contributed by atoms with E-state index in [1.165, 1.54) is 16.2 Å². The van der Waals surface area contributed by atoms with Gasteiger partial charge in [0.1, 0.15) is 21.5 Å². The number of rotatable bonds is 3. The summed E-state index contributed by atoms with van der Waals surface area (Å²) in [6, 6.07) is 2.12. The molecule has 1 fully saturated rings. The zero-order valence-electron chi connectivity index (χ0n) is 12.3. The van der Waals surface area contributed by atoms with Crippen LogP contribution in [-0.2, 0) is 0 Å². The van der Waals surface area contributed by atoms with Crippen LogP contribution in [0.5, 0.6) is 0 Å². The first-order valence-electron chi connectivity index (χ1n) is 6.89. The van der Waals surface area contributed by atoms with Crippen molar-refractivity contribution in [1.29, 1.82) is 5.26 Å². The van der Waals surface area contributed by atoms with Gasteiger partial charge in [0.2, 0.25) is 0 Å². The van der Waals surface area contributed by atoms with Crippen LogP contribution >= 0.6 is 11.3 Å². The number of nitrogen functional groups attached to an aromatic ring is 1. The first kappa shape index (κ1) is 15.6. The van der Waals surface area contributed by atoms with Crippen LogP contribution in [0.2, 0.25) is 0 Å². The summed E-state index contributed by atoms with van der Waals surface area (Å²) in [7, 11) is 3.33. The molecule has 0 atom stereocenters. The number of hydrogen-bond donors (Lipinski definition) is 2. The molecule has 1 saturated heterocycles. The van der Waals surface area contributed by atoms with Gasteiger partial charge in [0.25, 0.3) is 5.91 Å². The standard InChI is InChI=1S/C14H20N4O2S/c1-17(2)13(20)12-11(16)10(7-15)14(21-12)18-5-3-9(8-19)4-6-18/h9,19H,3-6,8,16H2,1-2H3. The van der Waals surface area contributed by atoms with Gasteiger partial charge in [-0.05, 0) is 18.8 Å². The molecule has 2 rings (SSSR count). The van der Waals surface area contributed by atoms with E-state index >= 15 is 0 Å². The first-order valence-corrected chi connectivity index (χ1v) is 7.71. The minimum atomic E-state index is -0.175. The maximum Gasteiger partial charge on any atom is 0.265 e. The van der Waals surface area contributed by atoms with Crippen molar-refractivity contribution in [2.24, 2.45) is 5.92 Å². The Morgan fingerprint density at radius 3 is 2.62 bits per heavy atom. The molecule has 6 nitrogen and oxygen atoms in total. The van der Waals surface area contributed by atoms with Gasteiger partial charge in [0.05, 0.1) is 5.69 Å². The molecule has 2 heterocycles. The first-order chi connectivity index (χ1) is 9.99. The van der Waals surface area contributed by atoms with E-state index in [0.29, 0.717) is 16.4 Å². The van der Waals surface area contributed by atoms with Crippen LogP contribution in [0.3, 0.4) is 0 Å². The summed E-state index contributed by atoms with van der Waals surface area (Å²) in [6.45, 7) is 1.75. The number of nitrogens with two attached hydrogens (primary N) is 1. The third-order valence-corrected chi connectivity index (χ3v) is 5.05. The van der Waals surface area contributed by atoms with Crippen LogP contribution in [0.15, 0.2) is 0 Å². The summed E-state index contributed by atoms with van der Waals surface area (Å²) >= 11 is 1.29. The van der Waals surface area contributed by atoms with Crippen LogP contribution in [0.4, 0.5) is 10.7 Å². The molecule has 1 aliphatic rings. The number of anilines is 2. The fraction of sp³-hybridized carbons (Fsp3) is 0.571. The van der Waals surface area contributed by atoms with Gasteiger partial charge in [0, 0.05) is 33.8 Å². The Bertz CT molecular complexity index is 568. The zero-order valence-corrected chi connectivity index (χ0v) is 13.1. The van der Waals surface area contributed by atoms with Crippen molar-refractivity contribution in [3.63, 3.8) is 0 Å². The predicted octanol–water partition coefficient (Wildman–Crippen LogP) is 1.11. The smallest absolute Gasteiger partial charge is 0.265 e. The van der Waals surface area contributed by atoms with Crippen LogP contribution in [0, 0.1) is 17.2 Å². The molecule has 1 amide bonds. The number of hydrogen-bond acceptors (Lipinski definition) is 6. The Labute approximate surface area is 128 Å². The SMILES string of the molecule is CN(C)C(=O)c1sc(N2CCC(CO)CC2)c(C#N)c1N. The maximum absolute atomic E-state index is 12.1. The molecule has 0 aliphatic carbocycles. The minimum Gasteiger partial charge on any atom is -0.396 e. The molecular weight excluding hydrogens is 288 g/mol. The monoisotopic (exact) mass is 308 g/mol. The van der Waals surface area contributed by atoms with Gasteiger partial charge in [-0.25, -0.2) is 0 Å². The molecule has 1 aromatic rings. The van der Waals surface area contributed by atoms with Gasteiger partial charge in [-0.1, -0.05) is 0 Å². The van der Waals surface area contributed by atoms with Crippen molar-refractivity contribution < 1.29 is 9.90 Å². The summed E-state index contributed by atoms with van der Waals surface area (Å²) in [6.07, 6.45) is 1.77. The molecule has 114 valence electrons. The van der Waals surface area contributed by atoms with Gasteiger partial charge in [-0.2, -0.15) is 5.26 Å². The average Bonchev–Trinajstić information content (AvgIpc) is 2.83. The number of thiophene rings is 1. The largest absolute Gasteiger partial charge is 0.396 e. The van der Waals surface area contributed by atoms with Crippen LogP contribution in [0.25, 0.3) is 0 Å². The zero-order chi connectivity index (χ0) is 15.6. The fourth-order valence-electron chi connectivity index (χ4n) is 2.44. The van der Waals surface area contributed by atoms with E-state index in [1.807, 2.05) is 0 Å². The van der Waals surface area contributed by atoms with Gasteiger partial charge >= 0.3 is 0 Å². The molecule has 0 bridgehead atoms. The highest BCUT2D eigenvalue weighted by Crippen LogP contribution is 2.39. The topological polar surface area (TPSA) is 93.6 Å². The lowest BCUT2D eigenvalue weighted by atomic mass is 9.98. The average molecular weight is 308 g/mol. The van der Waals surface area contributed by atoms with E-state index < -0.39 is 0 Å². The number of nitrogens with zero attached hydrogens (tertiary/aromatic N) is 3. The molecule has 7 heteroatoms. The normalized spacial score (nSPS) is 15.8. The molecule has 1 aromatic heterocycles. The molecule has 0 spiro atoms. The van der Waals surface area contributed by atoms with Crippen molar-refractivity contribution in [3.8, 4) is 6.07 Å². The van der Waals surface area contributed by atoms with Crippen molar-refractivity contribution in [2.45, 2.75) is 12.8 Å². The Balaban J connectivity index is 2.30.